The molecule has 1 amide bonds. The van der Waals surface area contributed by atoms with Crippen molar-refractivity contribution in [2.45, 2.75) is 20.8 Å². The number of benzene rings is 1. The fraction of sp³-hybridized carbons (Fsp3) is 0.278. The zero-order valence-electron chi connectivity index (χ0n) is 13.7. The van der Waals surface area contributed by atoms with Crippen molar-refractivity contribution in [3.05, 3.63) is 53.9 Å². The summed E-state index contributed by atoms with van der Waals surface area (Å²) in [6, 6.07) is 10.8. The minimum atomic E-state index is -0.0782. The van der Waals surface area contributed by atoms with Gasteiger partial charge in [0.05, 0.1) is 0 Å². The van der Waals surface area contributed by atoms with E-state index in [0.29, 0.717) is 24.3 Å². The van der Waals surface area contributed by atoms with Gasteiger partial charge in [0.2, 0.25) is 0 Å². The van der Waals surface area contributed by atoms with Gasteiger partial charge in [-0.3, -0.25) is 14.6 Å². The third-order valence-electron chi connectivity index (χ3n) is 3.61. The van der Waals surface area contributed by atoms with Crippen molar-refractivity contribution in [2.24, 2.45) is 0 Å². The van der Waals surface area contributed by atoms with E-state index in [1.165, 1.54) is 6.92 Å². The summed E-state index contributed by atoms with van der Waals surface area (Å²) >= 11 is 0. The van der Waals surface area contributed by atoms with E-state index < -0.39 is 0 Å². The molecule has 23 heavy (non-hydrogen) atoms. The summed E-state index contributed by atoms with van der Waals surface area (Å²) < 4.78 is 0. The average molecular weight is 311 g/mol. The summed E-state index contributed by atoms with van der Waals surface area (Å²) in [6.07, 6.45) is 1.61. The minimum Gasteiger partial charge on any atom is -0.355 e. The van der Waals surface area contributed by atoms with Gasteiger partial charge in [-0.15, -0.1) is 0 Å². The second kappa shape index (κ2) is 7.54. The standard InChI is InChI=1S/C18H21N3O2/c1-4-21(5-2)18(23)17-12-16(10-11-19-17)20-15-8-6-14(7-9-15)13(3)22/h6-12H,4-5H2,1-3H3,(H,19,20). The number of anilines is 2. The van der Waals surface area contributed by atoms with Gasteiger partial charge in [-0.2, -0.15) is 0 Å². The Hall–Kier alpha value is -2.69. The Balaban J connectivity index is 2.16. The van der Waals surface area contributed by atoms with Crippen LogP contribution in [0.1, 0.15) is 41.6 Å². The normalized spacial score (nSPS) is 10.2. The molecule has 120 valence electrons. The number of aromatic nitrogens is 1. The maximum absolute atomic E-state index is 12.3. The molecule has 1 aromatic carbocycles. The largest absolute Gasteiger partial charge is 0.355 e. The first-order valence-electron chi connectivity index (χ1n) is 7.68. The number of nitrogens with one attached hydrogen (secondary N) is 1. The van der Waals surface area contributed by atoms with E-state index in [1.807, 2.05) is 26.0 Å². The molecule has 0 spiro atoms. The Labute approximate surface area is 136 Å². The zero-order chi connectivity index (χ0) is 16.8. The minimum absolute atomic E-state index is 0.0348. The van der Waals surface area contributed by atoms with E-state index in [-0.39, 0.29) is 11.7 Å². The Morgan fingerprint density at radius 2 is 1.70 bits per heavy atom. The van der Waals surface area contributed by atoms with Gasteiger partial charge in [0, 0.05) is 36.2 Å². The molecule has 5 heteroatoms. The zero-order valence-corrected chi connectivity index (χ0v) is 13.7. The third-order valence-corrected chi connectivity index (χ3v) is 3.61. The van der Waals surface area contributed by atoms with Crippen molar-refractivity contribution < 1.29 is 9.59 Å². The number of carbonyl (C=O) groups is 2. The van der Waals surface area contributed by atoms with E-state index in [0.717, 1.165) is 11.4 Å². The van der Waals surface area contributed by atoms with Crippen LogP contribution in [0.4, 0.5) is 11.4 Å². The maximum Gasteiger partial charge on any atom is 0.272 e. The predicted octanol–water partition coefficient (Wildman–Crippen LogP) is 3.51. The van der Waals surface area contributed by atoms with Gasteiger partial charge in [0.25, 0.3) is 5.91 Å². The van der Waals surface area contributed by atoms with Crippen molar-refractivity contribution >= 4 is 23.1 Å². The summed E-state index contributed by atoms with van der Waals surface area (Å²) in [5, 5.41) is 3.22. The molecule has 0 bridgehead atoms. The smallest absolute Gasteiger partial charge is 0.272 e. The monoisotopic (exact) mass is 311 g/mol. The molecule has 1 heterocycles. The lowest BCUT2D eigenvalue weighted by Gasteiger charge is -2.18. The molecule has 0 aliphatic carbocycles. The molecular weight excluding hydrogens is 290 g/mol. The highest BCUT2D eigenvalue weighted by atomic mass is 16.2. The Kier molecular flexibility index (Phi) is 5.46. The highest BCUT2D eigenvalue weighted by molar-refractivity contribution is 5.94. The quantitative estimate of drug-likeness (QED) is 0.829. The molecular formula is C18H21N3O2. The first-order chi connectivity index (χ1) is 11.0. The number of Topliss-reactive ketones (excluding diaryl/α,β-unsaturated/α-hetero) is 1. The van der Waals surface area contributed by atoms with Crippen LogP contribution in [0, 0.1) is 0 Å². The van der Waals surface area contributed by atoms with Crippen LogP contribution < -0.4 is 5.32 Å². The summed E-state index contributed by atoms with van der Waals surface area (Å²) in [6.45, 7) is 6.74. The molecule has 0 aliphatic heterocycles. The van der Waals surface area contributed by atoms with Crippen LogP contribution >= 0.6 is 0 Å². The molecule has 0 saturated carbocycles. The van der Waals surface area contributed by atoms with E-state index in [9.17, 15) is 9.59 Å². The Morgan fingerprint density at radius 1 is 1.04 bits per heavy atom. The van der Waals surface area contributed by atoms with Crippen molar-refractivity contribution in [1.82, 2.24) is 9.88 Å². The predicted molar refractivity (Wildman–Crippen MR) is 91.2 cm³/mol. The number of hydrogen-bond acceptors (Lipinski definition) is 4. The molecule has 0 saturated heterocycles. The molecule has 0 unspecified atom stereocenters. The topological polar surface area (TPSA) is 62.3 Å². The van der Waals surface area contributed by atoms with E-state index in [2.05, 4.69) is 10.3 Å². The fourth-order valence-electron chi connectivity index (χ4n) is 2.25. The second-order valence-electron chi connectivity index (χ2n) is 5.17. The highest BCUT2D eigenvalue weighted by Crippen LogP contribution is 2.18. The van der Waals surface area contributed by atoms with Gasteiger partial charge in [-0.05, 0) is 57.2 Å². The van der Waals surface area contributed by atoms with Crippen molar-refractivity contribution in [3.63, 3.8) is 0 Å². The third kappa shape index (κ3) is 4.16. The maximum atomic E-state index is 12.3. The molecule has 1 N–H and O–H groups in total. The van der Waals surface area contributed by atoms with E-state index in [4.69, 9.17) is 0 Å². The number of ketones is 1. The summed E-state index contributed by atoms with van der Waals surface area (Å²) in [5.41, 5.74) is 2.72. The number of rotatable bonds is 6. The van der Waals surface area contributed by atoms with Crippen LogP contribution in [0.3, 0.4) is 0 Å². The molecule has 2 rings (SSSR count). The lowest BCUT2D eigenvalue weighted by Crippen LogP contribution is -2.31. The van der Waals surface area contributed by atoms with Crippen molar-refractivity contribution in [2.75, 3.05) is 18.4 Å². The van der Waals surface area contributed by atoms with Crippen LogP contribution in [-0.4, -0.2) is 34.7 Å². The highest BCUT2D eigenvalue weighted by Gasteiger charge is 2.14. The van der Waals surface area contributed by atoms with Crippen LogP contribution in [-0.2, 0) is 0 Å². The van der Waals surface area contributed by atoms with Gasteiger partial charge < -0.3 is 10.2 Å². The van der Waals surface area contributed by atoms with Crippen molar-refractivity contribution in [1.29, 1.82) is 0 Å². The molecule has 0 radical (unpaired) electrons. The van der Waals surface area contributed by atoms with Gasteiger partial charge in [-0.25, -0.2) is 0 Å². The molecule has 2 aromatic rings. The van der Waals surface area contributed by atoms with Gasteiger partial charge >= 0.3 is 0 Å². The molecule has 0 fully saturated rings. The number of hydrogen-bond donors (Lipinski definition) is 1. The molecule has 1 aromatic heterocycles. The molecule has 5 nitrogen and oxygen atoms in total. The SMILES string of the molecule is CCN(CC)C(=O)c1cc(Nc2ccc(C(C)=O)cc2)ccn1. The Morgan fingerprint density at radius 3 is 2.26 bits per heavy atom. The lowest BCUT2D eigenvalue weighted by molar-refractivity contribution is 0.0767. The van der Waals surface area contributed by atoms with Crippen LogP contribution in [0.2, 0.25) is 0 Å². The molecule has 0 atom stereocenters. The first kappa shape index (κ1) is 16.7. The lowest BCUT2D eigenvalue weighted by atomic mass is 10.1. The molecule has 0 aliphatic rings. The van der Waals surface area contributed by atoms with Gasteiger partial charge in [0.1, 0.15) is 5.69 Å². The number of pyridine rings is 1. The van der Waals surface area contributed by atoms with Gasteiger partial charge in [0.15, 0.2) is 5.78 Å². The van der Waals surface area contributed by atoms with E-state index >= 15 is 0 Å². The van der Waals surface area contributed by atoms with Crippen molar-refractivity contribution in [3.8, 4) is 0 Å². The second-order valence-corrected chi connectivity index (χ2v) is 5.17. The number of amides is 1. The summed E-state index contributed by atoms with van der Waals surface area (Å²) in [4.78, 5) is 29.5. The van der Waals surface area contributed by atoms with Crippen LogP contribution in [0.5, 0.6) is 0 Å². The summed E-state index contributed by atoms with van der Waals surface area (Å²) in [7, 11) is 0. The first-order valence-corrected chi connectivity index (χ1v) is 7.68. The number of nitrogens with zero attached hydrogens (tertiary/aromatic N) is 2. The average Bonchev–Trinajstić information content (AvgIpc) is 2.56. The fourth-order valence-corrected chi connectivity index (χ4v) is 2.25. The summed E-state index contributed by atoms with van der Waals surface area (Å²) in [5.74, 6) is -0.0434. The van der Waals surface area contributed by atoms with E-state index in [1.54, 1.807) is 35.4 Å². The van der Waals surface area contributed by atoms with Gasteiger partial charge in [-0.1, -0.05) is 0 Å². The number of carbonyl (C=O) groups excluding carboxylic acids is 2. The van der Waals surface area contributed by atoms with Crippen LogP contribution in [0.25, 0.3) is 0 Å². The van der Waals surface area contributed by atoms with Crippen LogP contribution in [0.15, 0.2) is 42.6 Å². The Bertz CT molecular complexity index is 692.